The SMILES string of the molecule is O=S(=O)(c1cccc(Cl)c1)N1CCCSc2ccccc21. The number of rotatable bonds is 2. The van der Waals surface area contributed by atoms with Crippen LogP contribution in [0.4, 0.5) is 5.69 Å². The summed E-state index contributed by atoms with van der Waals surface area (Å²) < 4.78 is 27.3. The molecule has 0 radical (unpaired) electrons. The van der Waals surface area contributed by atoms with Crippen molar-refractivity contribution in [2.24, 2.45) is 0 Å². The Hall–Kier alpha value is -1.17. The quantitative estimate of drug-likeness (QED) is 0.829. The van der Waals surface area contributed by atoms with Gasteiger partial charge in [0.25, 0.3) is 10.0 Å². The molecule has 3 nitrogen and oxygen atoms in total. The molecule has 6 heteroatoms. The topological polar surface area (TPSA) is 37.4 Å². The molecular formula is C15H14ClNO2S2. The number of fused-ring (bicyclic) bond motifs is 1. The van der Waals surface area contributed by atoms with Crippen LogP contribution in [0.25, 0.3) is 0 Å². The molecule has 0 unspecified atom stereocenters. The molecule has 2 aromatic rings. The van der Waals surface area contributed by atoms with Gasteiger partial charge in [-0.05, 0) is 42.5 Å². The van der Waals surface area contributed by atoms with Crippen molar-refractivity contribution >= 4 is 39.1 Å². The first-order valence-corrected chi connectivity index (χ1v) is 9.39. The van der Waals surface area contributed by atoms with Crippen molar-refractivity contribution in [3.05, 3.63) is 53.6 Å². The first kappa shape index (κ1) is 14.8. The molecule has 3 rings (SSSR count). The average Bonchev–Trinajstić information content (AvgIpc) is 2.70. The summed E-state index contributed by atoms with van der Waals surface area (Å²) in [7, 11) is -3.59. The van der Waals surface area contributed by atoms with E-state index < -0.39 is 10.0 Å². The standard InChI is InChI=1S/C15H14ClNO2S2/c16-12-5-3-6-13(11-12)21(18,19)17-9-4-10-20-15-8-2-1-7-14(15)17/h1-3,5-8,11H,4,9-10H2. The van der Waals surface area contributed by atoms with Crippen LogP contribution in [0, 0.1) is 0 Å². The molecular weight excluding hydrogens is 326 g/mol. The highest BCUT2D eigenvalue weighted by atomic mass is 35.5. The monoisotopic (exact) mass is 339 g/mol. The van der Waals surface area contributed by atoms with E-state index in [2.05, 4.69) is 0 Å². The predicted octanol–water partition coefficient (Wildman–Crippen LogP) is 4.03. The number of anilines is 1. The predicted molar refractivity (Wildman–Crippen MR) is 87.8 cm³/mol. The maximum absolute atomic E-state index is 12.9. The molecule has 0 atom stereocenters. The molecule has 1 heterocycles. The zero-order chi connectivity index (χ0) is 14.9. The second-order valence-corrected chi connectivity index (χ2v) is 8.14. The molecule has 0 aliphatic carbocycles. The van der Waals surface area contributed by atoms with Crippen molar-refractivity contribution in [3.8, 4) is 0 Å². The van der Waals surface area contributed by atoms with Crippen LogP contribution in [0.3, 0.4) is 0 Å². The molecule has 110 valence electrons. The molecule has 0 fully saturated rings. The molecule has 0 amide bonds. The summed E-state index contributed by atoms with van der Waals surface area (Å²) in [6.07, 6.45) is 0.819. The fraction of sp³-hybridized carbons (Fsp3) is 0.200. The Bertz CT molecular complexity index is 762. The fourth-order valence-corrected chi connectivity index (χ4v) is 5.18. The van der Waals surface area contributed by atoms with Gasteiger partial charge in [0.1, 0.15) is 0 Å². The zero-order valence-corrected chi connectivity index (χ0v) is 13.6. The van der Waals surface area contributed by atoms with Crippen LogP contribution < -0.4 is 4.31 Å². The lowest BCUT2D eigenvalue weighted by atomic mass is 10.3. The third kappa shape index (κ3) is 2.91. The van der Waals surface area contributed by atoms with Crippen LogP contribution >= 0.6 is 23.4 Å². The van der Waals surface area contributed by atoms with Gasteiger partial charge in [0.15, 0.2) is 0 Å². The summed E-state index contributed by atoms with van der Waals surface area (Å²) in [4.78, 5) is 1.23. The van der Waals surface area contributed by atoms with E-state index in [-0.39, 0.29) is 4.90 Å². The van der Waals surface area contributed by atoms with Crippen molar-refractivity contribution in [1.82, 2.24) is 0 Å². The molecule has 0 N–H and O–H groups in total. The first-order chi connectivity index (χ1) is 10.1. The number of sulfonamides is 1. The second kappa shape index (κ2) is 5.91. The van der Waals surface area contributed by atoms with Gasteiger partial charge in [0.2, 0.25) is 0 Å². The van der Waals surface area contributed by atoms with E-state index in [1.807, 2.05) is 24.3 Å². The highest BCUT2D eigenvalue weighted by Gasteiger charge is 2.28. The van der Waals surface area contributed by atoms with E-state index >= 15 is 0 Å². The van der Waals surface area contributed by atoms with E-state index in [4.69, 9.17) is 11.6 Å². The molecule has 2 aromatic carbocycles. The molecule has 21 heavy (non-hydrogen) atoms. The number of hydrogen-bond acceptors (Lipinski definition) is 3. The summed E-state index contributed by atoms with van der Waals surface area (Å²) in [5, 5.41) is 0.425. The van der Waals surface area contributed by atoms with Crippen molar-refractivity contribution in [3.63, 3.8) is 0 Å². The van der Waals surface area contributed by atoms with Gasteiger partial charge in [-0.2, -0.15) is 0 Å². The molecule has 1 aliphatic rings. The molecule has 0 saturated carbocycles. The van der Waals surface area contributed by atoms with Crippen LogP contribution in [0.1, 0.15) is 6.42 Å². The van der Waals surface area contributed by atoms with E-state index in [1.54, 1.807) is 30.0 Å². The van der Waals surface area contributed by atoms with Crippen LogP contribution in [0.5, 0.6) is 0 Å². The van der Waals surface area contributed by atoms with Gasteiger partial charge in [-0.15, -0.1) is 11.8 Å². The summed E-state index contributed by atoms with van der Waals surface area (Å²) in [6.45, 7) is 0.485. The Morgan fingerprint density at radius 1 is 1.10 bits per heavy atom. The lowest BCUT2D eigenvalue weighted by Gasteiger charge is -2.24. The molecule has 0 aromatic heterocycles. The lowest BCUT2D eigenvalue weighted by Crippen LogP contribution is -2.31. The summed E-state index contributed by atoms with van der Waals surface area (Å²) in [5.41, 5.74) is 0.750. The maximum Gasteiger partial charge on any atom is 0.264 e. The van der Waals surface area contributed by atoms with Crippen LogP contribution in [-0.4, -0.2) is 20.7 Å². The average molecular weight is 340 g/mol. The van der Waals surface area contributed by atoms with Crippen molar-refractivity contribution in [2.75, 3.05) is 16.6 Å². The highest BCUT2D eigenvalue weighted by Crippen LogP contribution is 2.36. The van der Waals surface area contributed by atoms with Gasteiger partial charge >= 0.3 is 0 Å². The lowest BCUT2D eigenvalue weighted by molar-refractivity contribution is 0.590. The minimum absolute atomic E-state index is 0.233. The van der Waals surface area contributed by atoms with Gasteiger partial charge in [0.05, 0.1) is 10.6 Å². The van der Waals surface area contributed by atoms with Gasteiger partial charge < -0.3 is 0 Å². The first-order valence-electron chi connectivity index (χ1n) is 6.59. The van der Waals surface area contributed by atoms with Gasteiger partial charge in [0, 0.05) is 16.5 Å². The Kier molecular flexibility index (Phi) is 4.15. The number of benzene rings is 2. The summed E-state index contributed by atoms with van der Waals surface area (Å²) in [5.74, 6) is 0.915. The number of nitrogens with zero attached hydrogens (tertiary/aromatic N) is 1. The minimum Gasteiger partial charge on any atom is -0.265 e. The molecule has 0 saturated heterocycles. The normalized spacial score (nSPS) is 15.4. The third-order valence-electron chi connectivity index (χ3n) is 3.28. The molecule has 0 spiro atoms. The van der Waals surface area contributed by atoms with Crippen LogP contribution in [-0.2, 0) is 10.0 Å². The second-order valence-electron chi connectivity index (χ2n) is 4.70. The largest absolute Gasteiger partial charge is 0.265 e. The molecule has 1 aliphatic heterocycles. The number of halogens is 1. The van der Waals surface area contributed by atoms with Crippen LogP contribution in [0.2, 0.25) is 5.02 Å². The van der Waals surface area contributed by atoms with Gasteiger partial charge in [-0.3, -0.25) is 4.31 Å². The zero-order valence-electron chi connectivity index (χ0n) is 11.2. The van der Waals surface area contributed by atoms with Crippen molar-refractivity contribution in [2.45, 2.75) is 16.2 Å². The Morgan fingerprint density at radius 3 is 2.71 bits per heavy atom. The Balaban J connectivity index is 2.11. The summed E-state index contributed by atoms with van der Waals surface area (Å²) >= 11 is 7.63. The van der Waals surface area contributed by atoms with E-state index in [1.165, 1.54) is 10.4 Å². The van der Waals surface area contributed by atoms with E-state index in [0.717, 1.165) is 22.8 Å². The third-order valence-corrected chi connectivity index (χ3v) is 6.47. The number of thioether (sulfide) groups is 1. The number of para-hydroxylation sites is 1. The number of hydrogen-bond donors (Lipinski definition) is 0. The van der Waals surface area contributed by atoms with E-state index in [0.29, 0.717) is 11.6 Å². The molecule has 0 bridgehead atoms. The smallest absolute Gasteiger partial charge is 0.264 e. The van der Waals surface area contributed by atoms with Gasteiger partial charge in [-0.1, -0.05) is 29.8 Å². The summed E-state index contributed by atoms with van der Waals surface area (Å²) in [6, 6.07) is 14.0. The van der Waals surface area contributed by atoms with Crippen molar-refractivity contribution in [1.29, 1.82) is 0 Å². The van der Waals surface area contributed by atoms with Crippen molar-refractivity contribution < 1.29 is 8.42 Å². The highest BCUT2D eigenvalue weighted by molar-refractivity contribution is 7.99. The van der Waals surface area contributed by atoms with E-state index in [9.17, 15) is 8.42 Å². The Morgan fingerprint density at radius 2 is 1.90 bits per heavy atom. The Labute approximate surface area is 134 Å². The fourth-order valence-electron chi connectivity index (χ4n) is 2.30. The maximum atomic E-state index is 12.9. The van der Waals surface area contributed by atoms with Gasteiger partial charge in [-0.25, -0.2) is 8.42 Å². The minimum atomic E-state index is -3.59. The van der Waals surface area contributed by atoms with Crippen LogP contribution in [0.15, 0.2) is 58.3 Å².